The van der Waals surface area contributed by atoms with Crippen LogP contribution in [0, 0.1) is 24.2 Å². The first kappa shape index (κ1) is 14.7. The van der Waals surface area contributed by atoms with Crippen molar-refractivity contribution in [2.24, 2.45) is 10.3 Å². The van der Waals surface area contributed by atoms with Gasteiger partial charge in [-0.05, 0) is 18.4 Å². The number of nitriles is 1. The van der Waals surface area contributed by atoms with Crippen LogP contribution in [-0.2, 0) is 15.5 Å². The summed E-state index contributed by atoms with van der Waals surface area (Å²) < 4.78 is 16.8. The summed E-state index contributed by atoms with van der Waals surface area (Å²) in [5, 5.41) is 8.80. The van der Waals surface area contributed by atoms with Gasteiger partial charge in [-0.3, -0.25) is 0 Å². The zero-order valence-electron chi connectivity index (χ0n) is 11.2. The lowest BCUT2D eigenvalue weighted by Gasteiger charge is -2.08. The molecule has 0 aliphatic rings. The summed E-state index contributed by atoms with van der Waals surface area (Å²) in [5.41, 5.74) is 2.15. The van der Waals surface area contributed by atoms with Crippen LogP contribution >= 0.6 is 0 Å². The fourth-order valence-corrected chi connectivity index (χ4v) is 3.24. The van der Waals surface area contributed by atoms with E-state index in [4.69, 9.17) is 5.26 Å². The van der Waals surface area contributed by atoms with E-state index in [0.717, 1.165) is 5.56 Å². The van der Waals surface area contributed by atoms with Crippen molar-refractivity contribution in [3.8, 4) is 6.07 Å². The fourth-order valence-electron chi connectivity index (χ4n) is 1.47. The third-order valence-corrected chi connectivity index (χ3v) is 4.46. The second-order valence-corrected chi connectivity index (χ2v) is 7.29. The largest absolute Gasteiger partial charge is 0.248 e. The smallest absolute Gasteiger partial charge is 0.119 e. The highest BCUT2D eigenvalue weighted by molar-refractivity contribution is 7.93. The molecule has 1 aromatic rings. The lowest BCUT2D eigenvalue weighted by molar-refractivity contribution is 0.649. The molecule has 0 saturated heterocycles. The SMILES string of the molecule is Cc1ccc(CS(=O)(CC#N)=NCC(C)C)cc1. The molecule has 4 heteroatoms. The van der Waals surface area contributed by atoms with Gasteiger partial charge in [0.05, 0.1) is 28.1 Å². The van der Waals surface area contributed by atoms with E-state index in [1.54, 1.807) is 0 Å². The molecule has 0 amide bonds. The van der Waals surface area contributed by atoms with Crippen molar-refractivity contribution in [3.63, 3.8) is 0 Å². The van der Waals surface area contributed by atoms with Gasteiger partial charge >= 0.3 is 0 Å². The minimum Gasteiger partial charge on any atom is -0.248 e. The number of hydrogen-bond acceptors (Lipinski definition) is 3. The summed E-state index contributed by atoms with van der Waals surface area (Å²) in [5.74, 6) is 0.740. The molecule has 0 fully saturated rings. The molecule has 0 aliphatic carbocycles. The summed E-state index contributed by atoms with van der Waals surface area (Å²) >= 11 is 0. The maximum absolute atomic E-state index is 12.6. The quantitative estimate of drug-likeness (QED) is 0.820. The molecular weight excluding hydrogens is 244 g/mol. The van der Waals surface area contributed by atoms with Crippen LogP contribution in [0.2, 0.25) is 0 Å². The van der Waals surface area contributed by atoms with Crippen molar-refractivity contribution in [1.29, 1.82) is 5.26 Å². The molecule has 1 unspecified atom stereocenters. The molecular formula is C14H20N2OS. The molecule has 3 nitrogen and oxygen atoms in total. The minimum atomic E-state index is -2.44. The second-order valence-electron chi connectivity index (χ2n) is 4.91. The number of rotatable bonds is 5. The average molecular weight is 264 g/mol. The highest BCUT2D eigenvalue weighted by Crippen LogP contribution is 2.11. The Kier molecular flexibility index (Phi) is 5.36. The Labute approximate surface area is 110 Å². The summed E-state index contributed by atoms with van der Waals surface area (Å²) in [4.78, 5) is 0. The highest BCUT2D eigenvalue weighted by Gasteiger charge is 2.10. The first-order valence-corrected chi connectivity index (χ1v) is 7.91. The van der Waals surface area contributed by atoms with Crippen molar-refractivity contribution in [3.05, 3.63) is 35.4 Å². The van der Waals surface area contributed by atoms with Crippen molar-refractivity contribution in [2.45, 2.75) is 26.5 Å². The van der Waals surface area contributed by atoms with E-state index >= 15 is 0 Å². The minimum absolute atomic E-state index is 0.00754. The number of benzene rings is 1. The van der Waals surface area contributed by atoms with Crippen molar-refractivity contribution < 1.29 is 4.21 Å². The average Bonchev–Trinajstić information content (AvgIpc) is 2.30. The van der Waals surface area contributed by atoms with Crippen LogP contribution in [0.1, 0.15) is 25.0 Å². The zero-order valence-corrected chi connectivity index (χ0v) is 12.0. The third kappa shape index (κ3) is 4.89. The lowest BCUT2D eigenvalue weighted by Crippen LogP contribution is -2.10. The molecule has 0 bridgehead atoms. The van der Waals surface area contributed by atoms with Gasteiger partial charge in [0.1, 0.15) is 5.75 Å². The molecule has 0 saturated carbocycles. The standard InChI is InChI=1S/C14H20N2OS/c1-12(2)10-16-18(17,9-8-15)11-14-6-4-13(3)5-7-14/h4-7,12H,9-11H2,1-3H3. The summed E-state index contributed by atoms with van der Waals surface area (Å²) in [6.45, 7) is 6.62. The van der Waals surface area contributed by atoms with Gasteiger partial charge in [-0.25, -0.2) is 8.57 Å². The molecule has 18 heavy (non-hydrogen) atoms. The van der Waals surface area contributed by atoms with Crippen molar-refractivity contribution >= 4 is 9.73 Å². The number of nitrogens with zero attached hydrogens (tertiary/aromatic N) is 2. The van der Waals surface area contributed by atoms with Gasteiger partial charge in [0.25, 0.3) is 0 Å². The first-order valence-electron chi connectivity index (χ1n) is 6.06. The van der Waals surface area contributed by atoms with E-state index in [1.165, 1.54) is 5.56 Å². The molecule has 0 N–H and O–H groups in total. The Bertz CT molecular complexity index is 532. The molecule has 0 aromatic heterocycles. The summed E-state index contributed by atoms with van der Waals surface area (Å²) in [7, 11) is -2.44. The van der Waals surface area contributed by atoms with Crippen molar-refractivity contribution in [1.82, 2.24) is 0 Å². The van der Waals surface area contributed by atoms with E-state index < -0.39 is 9.73 Å². The van der Waals surface area contributed by atoms with E-state index in [9.17, 15) is 4.21 Å². The van der Waals surface area contributed by atoms with Gasteiger partial charge in [0, 0.05) is 0 Å². The van der Waals surface area contributed by atoms with Crippen LogP contribution in [0.25, 0.3) is 0 Å². The van der Waals surface area contributed by atoms with Gasteiger partial charge in [-0.2, -0.15) is 5.26 Å². The van der Waals surface area contributed by atoms with Crippen LogP contribution < -0.4 is 0 Å². The van der Waals surface area contributed by atoms with Crippen LogP contribution in [0.15, 0.2) is 28.6 Å². The zero-order chi connectivity index (χ0) is 13.6. The molecule has 1 aromatic carbocycles. The summed E-state index contributed by atoms with van der Waals surface area (Å²) in [6.07, 6.45) is 0. The Balaban J connectivity index is 2.93. The second kappa shape index (κ2) is 6.55. The van der Waals surface area contributed by atoms with E-state index in [1.807, 2.05) is 51.1 Å². The van der Waals surface area contributed by atoms with Gasteiger partial charge in [-0.15, -0.1) is 0 Å². The Morgan fingerprint density at radius 3 is 2.44 bits per heavy atom. The molecule has 1 atom stereocenters. The van der Waals surface area contributed by atoms with Crippen LogP contribution in [-0.4, -0.2) is 16.5 Å². The fraction of sp³-hybridized carbons (Fsp3) is 0.500. The van der Waals surface area contributed by atoms with Crippen LogP contribution in [0.4, 0.5) is 0 Å². The van der Waals surface area contributed by atoms with Crippen molar-refractivity contribution in [2.75, 3.05) is 12.3 Å². The van der Waals surface area contributed by atoms with Crippen LogP contribution in [0.5, 0.6) is 0 Å². The molecule has 0 heterocycles. The van der Waals surface area contributed by atoms with E-state index in [-0.39, 0.29) is 5.75 Å². The summed E-state index contributed by atoms with van der Waals surface area (Å²) in [6, 6.07) is 9.89. The monoisotopic (exact) mass is 264 g/mol. The Morgan fingerprint density at radius 2 is 1.94 bits per heavy atom. The molecule has 1 rings (SSSR count). The normalized spacial score (nSPS) is 13.9. The number of aryl methyl sites for hydroxylation is 1. The Hall–Kier alpha value is -1.34. The predicted molar refractivity (Wildman–Crippen MR) is 75.6 cm³/mol. The van der Waals surface area contributed by atoms with Gasteiger partial charge in [-0.1, -0.05) is 43.7 Å². The van der Waals surface area contributed by atoms with Crippen LogP contribution in [0.3, 0.4) is 0 Å². The molecule has 98 valence electrons. The van der Waals surface area contributed by atoms with Gasteiger partial charge < -0.3 is 0 Å². The highest BCUT2D eigenvalue weighted by atomic mass is 32.2. The lowest BCUT2D eigenvalue weighted by atomic mass is 10.2. The predicted octanol–water partition coefficient (Wildman–Crippen LogP) is 3.14. The first-order chi connectivity index (χ1) is 8.45. The maximum atomic E-state index is 12.6. The molecule has 0 radical (unpaired) electrons. The van der Waals surface area contributed by atoms with E-state index in [2.05, 4.69) is 4.36 Å². The Morgan fingerprint density at radius 1 is 1.33 bits per heavy atom. The van der Waals surface area contributed by atoms with Gasteiger partial charge in [0.2, 0.25) is 0 Å². The van der Waals surface area contributed by atoms with Gasteiger partial charge in [0.15, 0.2) is 0 Å². The molecule has 0 spiro atoms. The number of hydrogen-bond donors (Lipinski definition) is 0. The topological polar surface area (TPSA) is 53.2 Å². The third-order valence-electron chi connectivity index (χ3n) is 2.48. The maximum Gasteiger partial charge on any atom is 0.119 e. The molecule has 0 aliphatic heterocycles. The van der Waals surface area contributed by atoms with E-state index in [0.29, 0.717) is 18.2 Å².